The van der Waals surface area contributed by atoms with Crippen LogP contribution in [0.4, 0.5) is 0 Å². The van der Waals surface area contributed by atoms with Crippen LogP contribution in [-0.2, 0) is 9.59 Å². The minimum absolute atomic E-state index is 0. The molecule has 0 aliphatic heterocycles. The van der Waals surface area contributed by atoms with Gasteiger partial charge in [-0.05, 0) is 0 Å². The molecule has 0 amide bonds. The van der Waals surface area contributed by atoms with Gasteiger partial charge in [-0.25, -0.2) is 0 Å². The zero-order valence-electron chi connectivity index (χ0n) is 9.90. The van der Waals surface area contributed by atoms with Crippen LogP contribution in [0.3, 0.4) is 0 Å². The number of alkyl halides is 2. The van der Waals surface area contributed by atoms with Crippen LogP contribution in [0.2, 0.25) is 0 Å². The second-order valence-corrected chi connectivity index (χ2v) is 5.79. The molecular formula is C8Cl6K2O4. The Morgan fingerprint density at radius 3 is 1.10 bits per heavy atom. The van der Waals surface area contributed by atoms with Crippen molar-refractivity contribution in [1.29, 1.82) is 0 Å². The summed E-state index contributed by atoms with van der Waals surface area (Å²) in [5, 5.41) is 19.4. The number of halogens is 6. The summed E-state index contributed by atoms with van der Waals surface area (Å²) >= 11 is 33.7. The first kappa shape index (κ1) is 25.7. The van der Waals surface area contributed by atoms with E-state index in [9.17, 15) is 19.8 Å². The van der Waals surface area contributed by atoms with Crippen molar-refractivity contribution in [3.05, 3.63) is 20.1 Å². The van der Waals surface area contributed by atoms with E-state index in [1.807, 2.05) is 0 Å². The van der Waals surface area contributed by atoms with Crippen molar-refractivity contribution in [3.63, 3.8) is 0 Å². The zero-order valence-corrected chi connectivity index (χ0v) is 20.7. The summed E-state index contributed by atoms with van der Waals surface area (Å²) in [6.07, 6.45) is 0. The number of hydrogen-bond donors (Lipinski definition) is 0. The second kappa shape index (κ2) is 9.22. The molecule has 0 aromatic rings. The average Bonchev–Trinajstić information content (AvgIpc) is 2.30. The van der Waals surface area contributed by atoms with Crippen LogP contribution in [-0.4, -0.2) is 21.7 Å². The number of hydrogen-bond acceptors (Lipinski definition) is 4. The van der Waals surface area contributed by atoms with Gasteiger partial charge in [0.1, 0.15) is 9.75 Å². The molecule has 2 unspecified atom stereocenters. The van der Waals surface area contributed by atoms with E-state index >= 15 is 0 Å². The average molecular weight is 451 g/mol. The summed E-state index contributed by atoms with van der Waals surface area (Å²) in [6.45, 7) is 0. The third-order valence-electron chi connectivity index (χ3n) is 2.22. The Balaban J connectivity index is 0. The Morgan fingerprint density at radius 1 is 0.750 bits per heavy atom. The topological polar surface area (TPSA) is 80.3 Å². The minimum atomic E-state index is -2.94. The van der Waals surface area contributed by atoms with Crippen LogP contribution in [0, 0.1) is 0 Å². The molecule has 20 heavy (non-hydrogen) atoms. The molecule has 0 bridgehead atoms. The van der Waals surface area contributed by atoms with Crippen LogP contribution in [0.1, 0.15) is 0 Å². The van der Waals surface area contributed by atoms with Crippen molar-refractivity contribution in [2.45, 2.75) is 9.75 Å². The Labute approximate surface area is 228 Å². The number of carboxylic acid groups (broad SMARTS) is 2. The van der Waals surface area contributed by atoms with Gasteiger partial charge in [-0.3, -0.25) is 0 Å². The predicted octanol–water partition coefficient (Wildman–Crippen LogP) is -5.16. The van der Waals surface area contributed by atoms with Gasteiger partial charge in [0.25, 0.3) is 0 Å². The fraction of sp³-hybridized carbons (Fsp3) is 0.250. The maximum atomic E-state index is 11.1. The number of carboxylic acids is 2. The Hall–Kier alpha value is 3.43. The SMILES string of the molecule is O=C([O-])C1(Cl)C(Cl)=C(Cl)C(Cl)=C(Cl)C1(Cl)C(=O)[O-].[K+].[K+]. The van der Waals surface area contributed by atoms with Crippen molar-refractivity contribution >= 4 is 81.5 Å². The number of rotatable bonds is 2. The van der Waals surface area contributed by atoms with Crippen molar-refractivity contribution in [2.75, 3.05) is 0 Å². The molecule has 0 aromatic heterocycles. The number of carbonyl (C=O) groups excluding carboxylic acids is 2. The van der Waals surface area contributed by atoms with Gasteiger partial charge in [-0.15, -0.1) is 23.2 Å². The van der Waals surface area contributed by atoms with Gasteiger partial charge in [0.15, 0.2) is 0 Å². The van der Waals surface area contributed by atoms with E-state index in [1.165, 1.54) is 0 Å². The molecular weight excluding hydrogens is 451 g/mol. The normalized spacial score (nSPS) is 29.5. The van der Waals surface area contributed by atoms with Gasteiger partial charge in [0.05, 0.1) is 32.1 Å². The molecule has 1 aliphatic rings. The first-order valence-corrected chi connectivity index (χ1v) is 6.22. The molecule has 0 saturated carbocycles. The fourth-order valence-electron chi connectivity index (χ4n) is 1.26. The summed E-state index contributed by atoms with van der Waals surface area (Å²) in [6, 6.07) is 0. The van der Waals surface area contributed by atoms with Crippen molar-refractivity contribution in [3.8, 4) is 0 Å². The molecule has 0 N–H and O–H groups in total. The Bertz CT molecular complexity index is 475. The van der Waals surface area contributed by atoms with Crippen LogP contribution < -0.4 is 113 Å². The van der Waals surface area contributed by atoms with Gasteiger partial charge >= 0.3 is 103 Å². The zero-order chi connectivity index (χ0) is 14.5. The molecule has 0 aromatic carbocycles. The van der Waals surface area contributed by atoms with E-state index in [1.54, 1.807) is 0 Å². The van der Waals surface area contributed by atoms with Gasteiger partial charge in [0, 0.05) is 0 Å². The van der Waals surface area contributed by atoms with Crippen molar-refractivity contribution in [2.24, 2.45) is 0 Å². The van der Waals surface area contributed by atoms with Gasteiger partial charge < -0.3 is 19.8 Å². The molecule has 0 fully saturated rings. The summed E-state index contributed by atoms with van der Waals surface area (Å²) in [5.41, 5.74) is 0. The molecule has 0 heterocycles. The quantitative estimate of drug-likeness (QED) is 0.311. The molecule has 0 saturated heterocycles. The van der Waals surface area contributed by atoms with Crippen molar-refractivity contribution in [1.82, 2.24) is 0 Å². The fourth-order valence-corrected chi connectivity index (χ4v) is 3.18. The first-order chi connectivity index (χ1) is 8.02. The summed E-state index contributed by atoms with van der Waals surface area (Å²) in [5.74, 6) is -4.23. The largest absolute Gasteiger partial charge is 1.00 e. The Kier molecular flexibility index (Phi) is 11.8. The van der Waals surface area contributed by atoms with Crippen LogP contribution in [0.25, 0.3) is 0 Å². The van der Waals surface area contributed by atoms with Gasteiger partial charge in [0.2, 0.25) is 0 Å². The van der Waals surface area contributed by atoms with Crippen LogP contribution in [0.5, 0.6) is 0 Å². The molecule has 0 spiro atoms. The van der Waals surface area contributed by atoms with Gasteiger partial charge in [-0.2, -0.15) is 0 Å². The smallest absolute Gasteiger partial charge is 0.548 e. The maximum absolute atomic E-state index is 11.1. The molecule has 12 heteroatoms. The summed E-state index contributed by atoms with van der Waals surface area (Å²) < 4.78 is 0. The van der Waals surface area contributed by atoms with E-state index in [4.69, 9.17) is 69.6 Å². The summed E-state index contributed by atoms with van der Waals surface area (Å²) in [7, 11) is 0. The van der Waals surface area contributed by atoms with Crippen LogP contribution >= 0.6 is 69.6 Å². The minimum Gasteiger partial charge on any atom is -0.548 e. The van der Waals surface area contributed by atoms with E-state index in [0.29, 0.717) is 0 Å². The molecule has 0 radical (unpaired) electrons. The first-order valence-electron chi connectivity index (χ1n) is 3.95. The van der Waals surface area contributed by atoms with E-state index in [-0.39, 0.29) is 103 Å². The summed E-state index contributed by atoms with van der Waals surface area (Å²) in [4.78, 5) is 16.3. The van der Waals surface area contributed by atoms with Crippen LogP contribution in [0.15, 0.2) is 20.1 Å². The Morgan fingerprint density at radius 2 is 0.950 bits per heavy atom. The van der Waals surface area contributed by atoms with Gasteiger partial charge in [-0.1, -0.05) is 46.4 Å². The van der Waals surface area contributed by atoms with E-state index in [2.05, 4.69) is 0 Å². The molecule has 1 rings (SSSR count). The number of carbonyl (C=O) groups is 2. The second-order valence-electron chi connectivity index (χ2n) is 3.15. The molecule has 2 atom stereocenters. The molecule has 100 valence electrons. The number of aliphatic carboxylic acids is 2. The van der Waals surface area contributed by atoms with Crippen molar-refractivity contribution < 1.29 is 123 Å². The number of allylic oxidation sites excluding steroid dienone is 2. The predicted molar refractivity (Wildman–Crippen MR) is 64.6 cm³/mol. The third-order valence-corrected chi connectivity index (χ3v) is 5.76. The maximum Gasteiger partial charge on any atom is 1.00 e. The van der Waals surface area contributed by atoms with E-state index in [0.717, 1.165) is 0 Å². The molecule has 1 aliphatic carbocycles. The third kappa shape index (κ3) is 3.81. The monoisotopic (exact) mass is 448 g/mol. The van der Waals surface area contributed by atoms with E-state index < -0.39 is 41.8 Å². The standard InChI is InChI=1S/C8H2Cl6O4.2K/c9-1-2(10)4(12)8(14,6(17)18)7(13,3(1)11)5(15)16;;/h(H,15,16)(H,17,18);;/q;2*+1/p-2. The molecule has 4 nitrogen and oxygen atoms in total.